The van der Waals surface area contributed by atoms with Crippen LogP contribution in [0.15, 0.2) is 18.2 Å². The van der Waals surface area contributed by atoms with Gasteiger partial charge in [0.1, 0.15) is 6.04 Å². The summed E-state index contributed by atoms with van der Waals surface area (Å²) in [4.78, 5) is 12.2. The van der Waals surface area contributed by atoms with E-state index in [2.05, 4.69) is 28.8 Å². The van der Waals surface area contributed by atoms with Crippen molar-refractivity contribution in [3.05, 3.63) is 34.9 Å². The van der Waals surface area contributed by atoms with Gasteiger partial charge >= 0.3 is 0 Å². The summed E-state index contributed by atoms with van der Waals surface area (Å²) in [7, 11) is 0. The van der Waals surface area contributed by atoms with Crippen LogP contribution in [0.25, 0.3) is 0 Å². The zero-order valence-electron chi connectivity index (χ0n) is 12.7. The molecule has 0 bridgehead atoms. The molecule has 1 fully saturated rings. The second-order valence-electron chi connectivity index (χ2n) is 6.05. The first-order valence-electron chi connectivity index (χ1n) is 7.97. The lowest BCUT2D eigenvalue weighted by atomic mass is 9.89. The van der Waals surface area contributed by atoms with Gasteiger partial charge in [0, 0.05) is 6.54 Å². The molecule has 114 valence electrons. The number of benzene rings is 1. The number of ether oxygens (including phenoxy) is 1. The molecule has 1 amide bonds. The lowest BCUT2D eigenvalue weighted by Gasteiger charge is -2.25. The van der Waals surface area contributed by atoms with Crippen LogP contribution in [-0.4, -0.2) is 31.7 Å². The van der Waals surface area contributed by atoms with E-state index in [-0.39, 0.29) is 18.0 Å². The Morgan fingerprint density at radius 2 is 2.14 bits per heavy atom. The monoisotopic (exact) mass is 288 g/mol. The number of morpholine rings is 1. The Bertz CT molecular complexity index is 510. The van der Waals surface area contributed by atoms with Crippen LogP contribution in [0.3, 0.4) is 0 Å². The molecule has 0 spiro atoms. The van der Waals surface area contributed by atoms with Crippen LogP contribution >= 0.6 is 0 Å². The summed E-state index contributed by atoms with van der Waals surface area (Å²) < 4.78 is 5.34. The first-order valence-corrected chi connectivity index (χ1v) is 7.97. The van der Waals surface area contributed by atoms with E-state index in [1.54, 1.807) is 0 Å². The van der Waals surface area contributed by atoms with E-state index >= 15 is 0 Å². The minimum atomic E-state index is -0.223. The second kappa shape index (κ2) is 6.58. The molecular weight excluding hydrogens is 264 g/mol. The molecule has 2 aliphatic rings. The minimum Gasteiger partial charge on any atom is -0.378 e. The van der Waals surface area contributed by atoms with Crippen LogP contribution in [0, 0.1) is 0 Å². The Labute approximate surface area is 126 Å². The molecule has 1 aliphatic heterocycles. The van der Waals surface area contributed by atoms with E-state index in [0.29, 0.717) is 13.2 Å². The zero-order valence-corrected chi connectivity index (χ0v) is 12.7. The van der Waals surface area contributed by atoms with Crippen LogP contribution < -0.4 is 10.6 Å². The van der Waals surface area contributed by atoms with E-state index in [1.807, 2.05) is 6.92 Å². The van der Waals surface area contributed by atoms with Crippen molar-refractivity contribution in [3.8, 4) is 0 Å². The van der Waals surface area contributed by atoms with Gasteiger partial charge in [-0.2, -0.15) is 0 Å². The fraction of sp³-hybridized carbons (Fsp3) is 0.588. The van der Waals surface area contributed by atoms with Gasteiger partial charge in [0.15, 0.2) is 0 Å². The van der Waals surface area contributed by atoms with Crippen LogP contribution in [0.5, 0.6) is 0 Å². The molecule has 0 radical (unpaired) electrons. The standard InChI is InChI=1S/C17H24N2O2/c1-12(19-17(20)16-11-21-9-8-18-16)14-7-6-13-4-2-3-5-15(13)10-14/h6-7,10,12,16,18H,2-5,8-9,11H2,1H3,(H,19,20). The van der Waals surface area contributed by atoms with Gasteiger partial charge in [0.05, 0.1) is 19.3 Å². The Morgan fingerprint density at radius 1 is 1.33 bits per heavy atom. The Morgan fingerprint density at radius 3 is 2.90 bits per heavy atom. The SMILES string of the molecule is CC(NC(=O)C1COCCN1)c1ccc2c(c1)CCCC2. The number of carbonyl (C=O) groups excluding carboxylic acids is 1. The van der Waals surface area contributed by atoms with Gasteiger partial charge in [-0.3, -0.25) is 4.79 Å². The highest BCUT2D eigenvalue weighted by Crippen LogP contribution is 2.24. The van der Waals surface area contributed by atoms with Crippen molar-refractivity contribution >= 4 is 5.91 Å². The molecule has 1 heterocycles. The van der Waals surface area contributed by atoms with E-state index in [4.69, 9.17) is 4.74 Å². The summed E-state index contributed by atoms with van der Waals surface area (Å²) >= 11 is 0. The van der Waals surface area contributed by atoms with Gasteiger partial charge in [-0.15, -0.1) is 0 Å². The van der Waals surface area contributed by atoms with Gasteiger partial charge in [0.25, 0.3) is 0 Å². The molecule has 1 aliphatic carbocycles. The summed E-state index contributed by atoms with van der Waals surface area (Å²) in [5.41, 5.74) is 4.13. The van der Waals surface area contributed by atoms with Crippen LogP contribution in [0.2, 0.25) is 0 Å². The van der Waals surface area contributed by atoms with Crippen LogP contribution in [-0.2, 0) is 22.4 Å². The van der Waals surface area contributed by atoms with E-state index in [9.17, 15) is 4.79 Å². The first kappa shape index (κ1) is 14.5. The summed E-state index contributed by atoms with van der Waals surface area (Å²) in [6.07, 6.45) is 4.94. The quantitative estimate of drug-likeness (QED) is 0.890. The van der Waals surface area contributed by atoms with Gasteiger partial charge < -0.3 is 15.4 Å². The molecule has 1 saturated heterocycles. The summed E-state index contributed by atoms with van der Waals surface area (Å²) in [6, 6.07) is 6.46. The van der Waals surface area contributed by atoms with Gasteiger partial charge in [-0.25, -0.2) is 0 Å². The lowest BCUT2D eigenvalue weighted by Crippen LogP contribution is -2.51. The van der Waals surface area contributed by atoms with Crippen molar-refractivity contribution in [1.82, 2.24) is 10.6 Å². The number of carbonyl (C=O) groups is 1. The predicted octanol–water partition coefficient (Wildman–Crippen LogP) is 1.73. The largest absolute Gasteiger partial charge is 0.378 e. The maximum atomic E-state index is 12.2. The Hall–Kier alpha value is -1.39. The molecule has 0 saturated carbocycles. The van der Waals surface area contributed by atoms with Crippen molar-refractivity contribution in [2.45, 2.75) is 44.7 Å². The highest BCUT2D eigenvalue weighted by molar-refractivity contribution is 5.82. The number of hydrogen-bond acceptors (Lipinski definition) is 3. The zero-order chi connectivity index (χ0) is 14.7. The van der Waals surface area contributed by atoms with Gasteiger partial charge in [-0.1, -0.05) is 18.2 Å². The Kier molecular flexibility index (Phi) is 4.56. The molecule has 2 atom stereocenters. The fourth-order valence-electron chi connectivity index (χ4n) is 3.15. The molecule has 2 unspecified atom stereocenters. The molecule has 21 heavy (non-hydrogen) atoms. The summed E-state index contributed by atoms with van der Waals surface area (Å²) in [5.74, 6) is 0.0277. The van der Waals surface area contributed by atoms with Gasteiger partial charge in [0.2, 0.25) is 5.91 Å². The molecule has 3 rings (SSSR count). The highest BCUT2D eigenvalue weighted by atomic mass is 16.5. The van der Waals surface area contributed by atoms with Crippen molar-refractivity contribution in [1.29, 1.82) is 0 Å². The fourth-order valence-corrected chi connectivity index (χ4v) is 3.15. The number of nitrogens with one attached hydrogen (secondary N) is 2. The van der Waals surface area contributed by atoms with E-state index in [0.717, 1.165) is 6.54 Å². The molecule has 4 nitrogen and oxygen atoms in total. The third kappa shape index (κ3) is 3.44. The van der Waals surface area contributed by atoms with Crippen molar-refractivity contribution in [2.75, 3.05) is 19.8 Å². The van der Waals surface area contributed by atoms with Crippen molar-refractivity contribution < 1.29 is 9.53 Å². The maximum absolute atomic E-state index is 12.2. The summed E-state index contributed by atoms with van der Waals surface area (Å²) in [6.45, 7) is 3.93. The van der Waals surface area contributed by atoms with Crippen molar-refractivity contribution in [3.63, 3.8) is 0 Å². The number of hydrogen-bond donors (Lipinski definition) is 2. The first-order chi connectivity index (χ1) is 10.2. The molecule has 4 heteroatoms. The van der Waals surface area contributed by atoms with Crippen molar-refractivity contribution in [2.24, 2.45) is 0 Å². The number of aryl methyl sites for hydroxylation is 2. The second-order valence-corrected chi connectivity index (χ2v) is 6.05. The maximum Gasteiger partial charge on any atom is 0.240 e. The average Bonchev–Trinajstić information content (AvgIpc) is 2.55. The predicted molar refractivity (Wildman–Crippen MR) is 82.3 cm³/mol. The smallest absolute Gasteiger partial charge is 0.240 e. The highest BCUT2D eigenvalue weighted by Gasteiger charge is 2.23. The average molecular weight is 288 g/mol. The summed E-state index contributed by atoms with van der Waals surface area (Å²) in [5, 5.41) is 6.28. The number of amides is 1. The Balaban J connectivity index is 1.64. The third-order valence-corrected chi connectivity index (χ3v) is 4.47. The molecule has 1 aromatic rings. The minimum absolute atomic E-state index is 0.0277. The van der Waals surface area contributed by atoms with Gasteiger partial charge in [-0.05, 0) is 49.3 Å². The molecular formula is C17H24N2O2. The molecule has 1 aromatic carbocycles. The topological polar surface area (TPSA) is 50.4 Å². The van der Waals surface area contributed by atoms with Crippen LogP contribution in [0.4, 0.5) is 0 Å². The molecule has 2 N–H and O–H groups in total. The normalized spacial score (nSPS) is 23.2. The van der Waals surface area contributed by atoms with Crippen LogP contribution in [0.1, 0.15) is 42.5 Å². The molecule has 0 aromatic heterocycles. The van der Waals surface area contributed by atoms with E-state index < -0.39 is 0 Å². The lowest BCUT2D eigenvalue weighted by molar-refractivity contribution is -0.126. The van der Waals surface area contributed by atoms with E-state index in [1.165, 1.54) is 42.4 Å². The number of rotatable bonds is 3. The third-order valence-electron chi connectivity index (χ3n) is 4.47. The number of fused-ring (bicyclic) bond motifs is 1.